The summed E-state index contributed by atoms with van der Waals surface area (Å²) < 4.78 is 16.6. The molecule has 0 bridgehead atoms. The van der Waals surface area contributed by atoms with Crippen LogP contribution in [0.3, 0.4) is 0 Å². The van der Waals surface area contributed by atoms with Gasteiger partial charge in [-0.2, -0.15) is 13.5 Å². The molecule has 8 heteroatoms. The smallest absolute Gasteiger partial charge is 0.323 e. The molecular weight excluding hydrogens is 362 g/mol. The molecule has 0 saturated heterocycles. The van der Waals surface area contributed by atoms with E-state index in [9.17, 15) is 0 Å². The molecule has 0 atom stereocenters. The molecule has 4 rings (SSSR count). The largest absolute Gasteiger partial charge is 0.335 e. The number of benzene rings is 2. The van der Waals surface area contributed by atoms with Crippen molar-refractivity contribution in [2.24, 2.45) is 0 Å². The van der Waals surface area contributed by atoms with Crippen LogP contribution >= 0.6 is 0 Å². The van der Waals surface area contributed by atoms with Crippen LogP contribution in [0.25, 0.3) is 22.3 Å². The second-order valence-electron chi connectivity index (χ2n) is 5.91. The summed E-state index contributed by atoms with van der Waals surface area (Å²) in [4.78, 5) is 9.46. The van der Waals surface area contributed by atoms with Crippen molar-refractivity contribution in [2.45, 2.75) is 13.8 Å². The number of fused-ring (bicyclic) bond motifs is 1. The van der Waals surface area contributed by atoms with E-state index < -0.39 is 11.6 Å². The first kappa shape index (κ1) is 18.4. The highest BCUT2D eigenvalue weighted by Gasteiger charge is 2.11. The summed E-state index contributed by atoms with van der Waals surface area (Å²) in [6, 6.07) is 18.1. The Morgan fingerprint density at radius 1 is 0.963 bits per heavy atom. The first-order chi connectivity index (χ1) is 13.1. The zero-order valence-electron chi connectivity index (χ0n) is 14.8. The molecule has 0 amide bonds. The fourth-order valence-electron chi connectivity index (χ4n) is 2.65. The van der Waals surface area contributed by atoms with Gasteiger partial charge in [0.2, 0.25) is 0 Å². The van der Waals surface area contributed by atoms with Crippen LogP contribution in [0.2, 0.25) is 0 Å². The topological polar surface area (TPSA) is 101 Å². The Kier molecular flexibility index (Phi) is 5.68. The number of aromatic amines is 1. The van der Waals surface area contributed by atoms with Crippen molar-refractivity contribution in [2.75, 3.05) is 5.32 Å². The van der Waals surface area contributed by atoms with Gasteiger partial charge in [0.15, 0.2) is 11.6 Å². The number of hydrogen-bond donors (Lipinski definition) is 2. The Balaban J connectivity index is 0.000000659. The number of nitrogens with one attached hydrogen (secondary N) is 2. The van der Waals surface area contributed by atoms with E-state index in [1.54, 1.807) is 0 Å². The van der Waals surface area contributed by atoms with Gasteiger partial charge < -0.3 is 5.32 Å². The maximum absolute atomic E-state index is 8.29. The van der Waals surface area contributed by atoms with Crippen molar-refractivity contribution in [1.82, 2.24) is 20.2 Å². The summed E-state index contributed by atoms with van der Waals surface area (Å²) in [6.07, 6.45) is 0. The minimum Gasteiger partial charge on any atom is -0.323 e. The molecule has 2 aromatic carbocycles. The van der Waals surface area contributed by atoms with Gasteiger partial charge in [0.05, 0.1) is 5.52 Å². The molecule has 7 nitrogen and oxygen atoms in total. The molecule has 2 heterocycles. The van der Waals surface area contributed by atoms with Crippen LogP contribution in [0.4, 0.5) is 11.6 Å². The summed E-state index contributed by atoms with van der Waals surface area (Å²) in [5, 5.41) is 11.5. The summed E-state index contributed by atoms with van der Waals surface area (Å²) >= 11 is -0.750. The fourth-order valence-corrected chi connectivity index (χ4v) is 2.65. The first-order valence-corrected chi connectivity index (χ1v) is 8.82. The van der Waals surface area contributed by atoms with Gasteiger partial charge in [-0.15, -0.1) is 0 Å². The zero-order chi connectivity index (χ0) is 19.2. The molecule has 0 aliphatic heterocycles. The van der Waals surface area contributed by atoms with Gasteiger partial charge in [0.25, 0.3) is 0 Å². The molecule has 0 spiro atoms. The molecule has 0 unspecified atom stereocenters. The summed E-state index contributed by atoms with van der Waals surface area (Å²) in [6.45, 7) is 4.03. The van der Waals surface area contributed by atoms with E-state index in [1.165, 1.54) is 5.56 Å². The van der Waals surface area contributed by atoms with E-state index in [0.29, 0.717) is 5.82 Å². The number of aromatic nitrogens is 4. The van der Waals surface area contributed by atoms with E-state index in [-0.39, 0.29) is 0 Å². The third kappa shape index (κ3) is 4.42. The lowest BCUT2D eigenvalue weighted by Gasteiger charge is -2.10. The Bertz CT molecular complexity index is 1110. The summed E-state index contributed by atoms with van der Waals surface area (Å²) in [7, 11) is 0. The zero-order valence-corrected chi connectivity index (χ0v) is 15.6. The third-order valence-electron chi connectivity index (χ3n) is 3.84. The number of anilines is 2. The molecule has 136 valence electrons. The van der Waals surface area contributed by atoms with Crippen molar-refractivity contribution in [3.05, 3.63) is 65.9 Å². The average molecular weight is 379 g/mol. The van der Waals surface area contributed by atoms with E-state index in [0.717, 1.165) is 33.8 Å². The van der Waals surface area contributed by atoms with Crippen molar-refractivity contribution in [3.8, 4) is 11.4 Å². The van der Waals surface area contributed by atoms with Crippen LogP contribution in [-0.2, 0) is 11.6 Å². The third-order valence-corrected chi connectivity index (χ3v) is 3.84. The normalized spacial score (nSPS) is 10.1. The molecule has 4 aromatic rings. The molecule has 27 heavy (non-hydrogen) atoms. The predicted octanol–water partition coefficient (Wildman–Crippen LogP) is 3.71. The molecule has 0 radical (unpaired) electrons. The first-order valence-electron chi connectivity index (χ1n) is 8.15. The summed E-state index contributed by atoms with van der Waals surface area (Å²) in [5.41, 5.74) is 4.07. The van der Waals surface area contributed by atoms with Crippen molar-refractivity contribution in [3.63, 3.8) is 0 Å². The SMILES string of the molecule is Cc1ccc2c(Nc3cc(C)[nH]n3)nc(-c3ccccc3)nc2c1.O=S=O. The highest BCUT2D eigenvalue weighted by Crippen LogP contribution is 2.27. The van der Waals surface area contributed by atoms with Gasteiger partial charge in [0, 0.05) is 22.7 Å². The predicted molar refractivity (Wildman–Crippen MR) is 105 cm³/mol. The van der Waals surface area contributed by atoms with Gasteiger partial charge in [0.1, 0.15) is 5.82 Å². The van der Waals surface area contributed by atoms with E-state index in [1.807, 2.05) is 49.4 Å². The monoisotopic (exact) mass is 379 g/mol. The number of aryl methyl sites for hydroxylation is 2. The quantitative estimate of drug-likeness (QED) is 0.563. The number of H-pyrrole nitrogens is 1. The minimum absolute atomic E-state index is 0.698. The fraction of sp³-hybridized carbons (Fsp3) is 0.105. The standard InChI is InChI=1S/C19H17N5.O2S/c1-12-8-9-15-16(10-12)20-18(14-6-4-3-5-7-14)22-19(15)21-17-11-13(2)23-24-17;1-3-2/h3-11H,1-2H3,(H2,20,21,22,23,24);. The molecule has 2 aromatic heterocycles. The van der Waals surface area contributed by atoms with Gasteiger partial charge in [-0.3, -0.25) is 5.10 Å². The van der Waals surface area contributed by atoms with Crippen molar-refractivity contribution < 1.29 is 8.42 Å². The molecule has 2 N–H and O–H groups in total. The Labute approximate surface area is 159 Å². The molecule has 0 aliphatic rings. The highest BCUT2D eigenvalue weighted by atomic mass is 32.1. The molecule has 0 saturated carbocycles. The van der Waals surface area contributed by atoms with Crippen molar-refractivity contribution in [1.29, 1.82) is 0 Å². The van der Waals surface area contributed by atoms with Crippen LogP contribution in [0.5, 0.6) is 0 Å². The Morgan fingerprint density at radius 2 is 1.70 bits per heavy atom. The van der Waals surface area contributed by atoms with Gasteiger partial charge >= 0.3 is 11.6 Å². The van der Waals surface area contributed by atoms with Gasteiger partial charge in [-0.25, -0.2) is 9.97 Å². The number of rotatable bonds is 3. The lowest BCUT2D eigenvalue weighted by atomic mass is 10.1. The maximum atomic E-state index is 8.29. The molecule has 0 fully saturated rings. The second-order valence-corrected chi connectivity index (χ2v) is 6.05. The number of nitrogens with zero attached hydrogens (tertiary/aromatic N) is 3. The van der Waals surface area contributed by atoms with E-state index in [4.69, 9.17) is 18.4 Å². The molecular formula is C19H17N5O2S. The second kappa shape index (κ2) is 8.33. The lowest BCUT2D eigenvalue weighted by molar-refractivity contribution is 0.630. The van der Waals surface area contributed by atoms with Crippen LogP contribution in [0.15, 0.2) is 54.6 Å². The highest BCUT2D eigenvalue weighted by molar-refractivity contribution is 7.51. The maximum Gasteiger partial charge on any atom is 0.335 e. The van der Waals surface area contributed by atoms with E-state index in [2.05, 4.69) is 34.6 Å². The summed E-state index contributed by atoms with van der Waals surface area (Å²) in [5.74, 6) is 2.20. The Hall–Kier alpha value is -3.39. The average Bonchev–Trinajstić information content (AvgIpc) is 3.07. The van der Waals surface area contributed by atoms with Gasteiger partial charge in [-0.1, -0.05) is 36.4 Å². The van der Waals surface area contributed by atoms with Crippen LogP contribution < -0.4 is 5.32 Å². The minimum atomic E-state index is -0.750. The van der Waals surface area contributed by atoms with Crippen LogP contribution in [0.1, 0.15) is 11.3 Å². The van der Waals surface area contributed by atoms with Crippen LogP contribution in [-0.4, -0.2) is 28.6 Å². The lowest BCUT2D eigenvalue weighted by Crippen LogP contribution is -2.00. The van der Waals surface area contributed by atoms with Gasteiger partial charge in [-0.05, 0) is 31.5 Å². The number of hydrogen-bond acceptors (Lipinski definition) is 6. The van der Waals surface area contributed by atoms with Crippen LogP contribution in [0, 0.1) is 13.8 Å². The van der Waals surface area contributed by atoms with E-state index >= 15 is 0 Å². The Morgan fingerprint density at radius 3 is 2.37 bits per heavy atom. The molecule has 0 aliphatic carbocycles. The van der Waals surface area contributed by atoms with Crippen molar-refractivity contribution >= 4 is 34.1 Å².